The van der Waals surface area contributed by atoms with Crippen LogP contribution in [-0.2, 0) is 4.74 Å². The Morgan fingerprint density at radius 1 is 1.63 bits per heavy atom. The van der Waals surface area contributed by atoms with Crippen LogP contribution in [0.15, 0.2) is 12.3 Å². The Morgan fingerprint density at radius 3 is 3.05 bits per heavy atom. The predicted molar refractivity (Wildman–Crippen MR) is 69.7 cm³/mol. The van der Waals surface area contributed by atoms with Crippen molar-refractivity contribution in [2.75, 3.05) is 25.1 Å². The van der Waals surface area contributed by atoms with Crippen LogP contribution in [0.4, 0.5) is 10.2 Å². The number of nitrogens with zero attached hydrogens (tertiary/aromatic N) is 1. The zero-order chi connectivity index (χ0) is 13.9. The first-order valence-corrected chi connectivity index (χ1v) is 6.34. The quantitative estimate of drug-likeness (QED) is 0.869. The highest BCUT2D eigenvalue weighted by Crippen LogP contribution is 2.20. The van der Waals surface area contributed by atoms with Crippen LogP contribution >= 0.6 is 0 Å². The third-order valence-electron chi connectivity index (χ3n) is 3.11. The fraction of sp³-hybridized carbons (Fsp3) is 0.538. The smallest absolute Gasteiger partial charge is 0.254 e. The molecule has 19 heavy (non-hydrogen) atoms. The molecular formula is C13H18FN3O2. The van der Waals surface area contributed by atoms with Crippen LogP contribution in [-0.4, -0.2) is 36.2 Å². The molecule has 2 heterocycles. The number of pyridine rings is 1. The van der Waals surface area contributed by atoms with Crippen molar-refractivity contribution < 1.29 is 13.9 Å². The maximum atomic E-state index is 14.1. The van der Waals surface area contributed by atoms with Crippen molar-refractivity contribution in [2.45, 2.75) is 25.8 Å². The second-order valence-electron chi connectivity index (χ2n) is 4.87. The highest BCUT2D eigenvalue weighted by molar-refractivity contribution is 5.95. The van der Waals surface area contributed by atoms with Gasteiger partial charge in [0.2, 0.25) is 0 Å². The molecule has 0 aromatic carbocycles. The summed E-state index contributed by atoms with van der Waals surface area (Å²) in [6.07, 6.45) is 2.15. The van der Waals surface area contributed by atoms with Gasteiger partial charge in [-0.05, 0) is 26.3 Å². The number of anilines is 1. The first kappa shape index (κ1) is 13.7. The lowest BCUT2D eigenvalue weighted by molar-refractivity contribution is 0.0885. The molecule has 0 spiro atoms. The molecule has 1 amide bonds. The first-order chi connectivity index (χ1) is 9.06. The maximum absolute atomic E-state index is 14.1. The third kappa shape index (κ3) is 3.01. The lowest BCUT2D eigenvalue weighted by atomic mass is 10.0. The number of aromatic nitrogens is 1. The zero-order valence-electron chi connectivity index (χ0n) is 11.1. The van der Waals surface area contributed by atoms with Crippen LogP contribution in [0, 0.1) is 5.82 Å². The summed E-state index contributed by atoms with van der Waals surface area (Å²) in [5.41, 5.74) is -0.426. The standard InChI is InChI=1S/C13H18FN3O2/c1-3-15-11-10(14)9(4-6-16-11)12(18)17-13(2)5-7-19-8-13/h4,6H,3,5,7-8H2,1-2H3,(H,15,16)(H,17,18). The molecule has 104 valence electrons. The van der Waals surface area contributed by atoms with E-state index < -0.39 is 17.3 Å². The van der Waals surface area contributed by atoms with Gasteiger partial charge in [0, 0.05) is 19.3 Å². The van der Waals surface area contributed by atoms with Gasteiger partial charge in [-0.3, -0.25) is 4.79 Å². The van der Waals surface area contributed by atoms with Crippen molar-refractivity contribution in [3.05, 3.63) is 23.6 Å². The van der Waals surface area contributed by atoms with Crippen LogP contribution < -0.4 is 10.6 Å². The molecule has 0 aliphatic carbocycles. The molecule has 1 aliphatic heterocycles. The molecule has 1 atom stereocenters. The van der Waals surface area contributed by atoms with Crippen LogP contribution in [0.3, 0.4) is 0 Å². The molecule has 1 aromatic rings. The molecule has 1 aromatic heterocycles. The lowest BCUT2D eigenvalue weighted by Crippen LogP contribution is -2.46. The SMILES string of the molecule is CCNc1nccc(C(=O)NC2(C)CCOC2)c1F. The Morgan fingerprint density at radius 2 is 2.42 bits per heavy atom. The average molecular weight is 267 g/mol. The Kier molecular flexibility index (Phi) is 3.99. The molecule has 0 bridgehead atoms. The molecule has 0 radical (unpaired) electrons. The van der Waals surface area contributed by atoms with E-state index in [4.69, 9.17) is 4.74 Å². The minimum Gasteiger partial charge on any atom is -0.379 e. The van der Waals surface area contributed by atoms with Gasteiger partial charge in [-0.2, -0.15) is 0 Å². The average Bonchev–Trinajstić information content (AvgIpc) is 2.78. The van der Waals surface area contributed by atoms with Gasteiger partial charge >= 0.3 is 0 Å². The second kappa shape index (κ2) is 5.52. The van der Waals surface area contributed by atoms with E-state index in [-0.39, 0.29) is 11.4 Å². The molecule has 1 fully saturated rings. The second-order valence-corrected chi connectivity index (χ2v) is 4.87. The molecule has 1 aliphatic rings. The van der Waals surface area contributed by atoms with Gasteiger partial charge in [-0.15, -0.1) is 0 Å². The summed E-state index contributed by atoms with van der Waals surface area (Å²) in [5, 5.41) is 5.61. The molecule has 1 unspecified atom stereocenters. The highest BCUT2D eigenvalue weighted by Gasteiger charge is 2.32. The fourth-order valence-electron chi connectivity index (χ4n) is 2.02. The van der Waals surface area contributed by atoms with Crippen molar-refractivity contribution in [1.82, 2.24) is 10.3 Å². The molecule has 2 rings (SSSR count). The maximum Gasteiger partial charge on any atom is 0.254 e. The van der Waals surface area contributed by atoms with Crippen LogP contribution in [0.1, 0.15) is 30.6 Å². The third-order valence-corrected chi connectivity index (χ3v) is 3.11. The van der Waals surface area contributed by atoms with E-state index in [1.54, 1.807) is 0 Å². The summed E-state index contributed by atoms with van der Waals surface area (Å²) in [4.78, 5) is 16.0. The normalized spacial score (nSPS) is 22.3. The summed E-state index contributed by atoms with van der Waals surface area (Å²) in [6.45, 7) is 5.33. The summed E-state index contributed by atoms with van der Waals surface area (Å²) >= 11 is 0. The summed E-state index contributed by atoms with van der Waals surface area (Å²) in [7, 11) is 0. The number of hydrogen-bond acceptors (Lipinski definition) is 4. The van der Waals surface area contributed by atoms with Crippen molar-refractivity contribution in [3.8, 4) is 0 Å². The zero-order valence-corrected chi connectivity index (χ0v) is 11.1. The number of hydrogen-bond donors (Lipinski definition) is 2. The van der Waals surface area contributed by atoms with E-state index in [9.17, 15) is 9.18 Å². The first-order valence-electron chi connectivity index (χ1n) is 6.34. The number of carbonyl (C=O) groups excluding carboxylic acids is 1. The van der Waals surface area contributed by atoms with E-state index in [2.05, 4.69) is 15.6 Å². The number of rotatable bonds is 4. The van der Waals surface area contributed by atoms with Gasteiger partial charge in [0.25, 0.3) is 5.91 Å². The van der Waals surface area contributed by atoms with Crippen LogP contribution in [0.25, 0.3) is 0 Å². The number of carbonyl (C=O) groups is 1. The molecule has 0 saturated carbocycles. The van der Waals surface area contributed by atoms with Gasteiger partial charge in [-0.1, -0.05) is 0 Å². The Bertz CT molecular complexity index is 473. The molecule has 5 nitrogen and oxygen atoms in total. The van der Waals surface area contributed by atoms with Crippen LogP contribution in [0.5, 0.6) is 0 Å². The molecule has 1 saturated heterocycles. The Balaban J connectivity index is 2.17. The molecular weight excluding hydrogens is 249 g/mol. The minimum atomic E-state index is -0.621. The van der Waals surface area contributed by atoms with Gasteiger partial charge in [0.05, 0.1) is 17.7 Å². The van der Waals surface area contributed by atoms with E-state index in [0.29, 0.717) is 19.8 Å². The topological polar surface area (TPSA) is 63.2 Å². The largest absolute Gasteiger partial charge is 0.379 e. The highest BCUT2D eigenvalue weighted by atomic mass is 19.1. The van der Waals surface area contributed by atoms with E-state index in [1.807, 2.05) is 13.8 Å². The van der Waals surface area contributed by atoms with E-state index >= 15 is 0 Å². The number of halogens is 1. The Labute approximate surface area is 111 Å². The van der Waals surface area contributed by atoms with Crippen molar-refractivity contribution in [2.24, 2.45) is 0 Å². The van der Waals surface area contributed by atoms with Crippen molar-refractivity contribution in [1.29, 1.82) is 0 Å². The van der Waals surface area contributed by atoms with Gasteiger partial charge in [0.1, 0.15) is 0 Å². The van der Waals surface area contributed by atoms with Crippen molar-refractivity contribution >= 4 is 11.7 Å². The van der Waals surface area contributed by atoms with Gasteiger partial charge < -0.3 is 15.4 Å². The lowest BCUT2D eigenvalue weighted by Gasteiger charge is -2.23. The molecule has 6 heteroatoms. The van der Waals surface area contributed by atoms with Crippen molar-refractivity contribution in [3.63, 3.8) is 0 Å². The van der Waals surface area contributed by atoms with Gasteiger partial charge in [0.15, 0.2) is 11.6 Å². The molecule has 2 N–H and O–H groups in total. The summed E-state index contributed by atoms with van der Waals surface area (Å²) in [6, 6.07) is 1.38. The van der Waals surface area contributed by atoms with E-state index in [0.717, 1.165) is 6.42 Å². The summed E-state index contributed by atoms with van der Waals surface area (Å²) < 4.78 is 19.3. The van der Waals surface area contributed by atoms with Gasteiger partial charge in [-0.25, -0.2) is 9.37 Å². The summed E-state index contributed by atoms with van der Waals surface area (Å²) in [5.74, 6) is -0.959. The van der Waals surface area contributed by atoms with Crippen LogP contribution in [0.2, 0.25) is 0 Å². The number of amides is 1. The fourth-order valence-corrected chi connectivity index (χ4v) is 2.02. The van der Waals surface area contributed by atoms with E-state index in [1.165, 1.54) is 12.3 Å². The minimum absolute atomic E-state index is 0.000856. The number of ether oxygens (including phenoxy) is 1. The Hall–Kier alpha value is -1.69. The predicted octanol–water partition coefficient (Wildman–Crippen LogP) is 1.56. The number of nitrogens with one attached hydrogen (secondary N) is 2. The monoisotopic (exact) mass is 267 g/mol.